The predicted octanol–water partition coefficient (Wildman–Crippen LogP) is 4.04. The average Bonchev–Trinajstić information content (AvgIpc) is 2.70. The van der Waals surface area contributed by atoms with Crippen molar-refractivity contribution in [2.24, 2.45) is 0 Å². The Morgan fingerprint density at radius 2 is 1.86 bits per heavy atom. The number of rotatable bonds is 3. The third kappa shape index (κ3) is 3.28. The van der Waals surface area contributed by atoms with E-state index in [4.69, 9.17) is 16.1 Å². The molecule has 2 aromatic rings. The lowest BCUT2D eigenvalue weighted by molar-refractivity contribution is 0.390. The number of nitrogens with one attached hydrogen (secondary N) is 1. The molecule has 0 bridgehead atoms. The monoisotopic (exact) mass is 342 g/mol. The zero-order chi connectivity index (χ0) is 16.7. The molecule has 0 fully saturated rings. The summed E-state index contributed by atoms with van der Waals surface area (Å²) in [4.78, 5) is 0.0449. The maximum absolute atomic E-state index is 12.5. The van der Waals surface area contributed by atoms with Gasteiger partial charge < -0.3 is 4.52 Å². The van der Waals surface area contributed by atoms with E-state index in [0.717, 1.165) is 5.56 Å². The lowest BCUT2D eigenvalue weighted by Crippen LogP contribution is -2.16. The number of hydrogen-bond acceptors (Lipinski definition) is 4. The van der Waals surface area contributed by atoms with E-state index in [1.54, 1.807) is 26.0 Å². The molecule has 1 heterocycles. The van der Waals surface area contributed by atoms with Gasteiger partial charge in [-0.15, -0.1) is 0 Å². The first kappa shape index (κ1) is 16.8. The molecule has 120 valence electrons. The molecule has 7 heteroatoms. The molecule has 0 atom stereocenters. The van der Waals surface area contributed by atoms with Gasteiger partial charge in [-0.1, -0.05) is 43.6 Å². The van der Waals surface area contributed by atoms with Crippen LogP contribution in [0.5, 0.6) is 0 Å². The van der Waals surface area contributed by atoms with E-state index in [1.165, 1.54) is 0 Å². The molecular weight excluding hydrogens is 324 g/mol. The van der Waals surface area contributed by atoms with Crippen LogP contribution in [-0.4, -0.2) is 13.6 Å². The topological polar surface area (TPSA) is 72.2 Å². The molecule has 0 unspecified atom stereocenters. The number of benzene rings is 1. The molecule has 1 N–H and O–H groups in total. The van der Waals surface area contributed by atoms with Crippen molar-refractivity contribution in [3.63, 3.8) is 0 Å². The van der Waals surface area contributed by atoms with Crippen LogP contribution in [0.1, 0.15) is 37.8 Å². The van der Waals surface area contributed by atoms with Crippen molar-refractivity contribution in [2.75, 3.05) is 4.72 Å². The molecule has 0 saturated heterocycles. The second-order valence-corrected chi connectivity index (χ2v) is 8.23. The Balaban J connectivity index is 2.39. The standard InChI is InChI=1S/C15H19ClN2O3S/c1-9-14(10(2)21-17-9)22(19,20)18-13-7-6-11(8-12(13)16)15(3,4)5/h6-8,18H,1-5H3. The van der Waals surface area contributed by atoms with Crippen LogP contribution in [-0.2, 0) is 15.4 Å². The Bertz CT molecular complexity index is 785. The molecule has 5 nitrogen and oxygen atoms in total. The van der Waals surface area contributed by atoms with E-state index in [-0.39, 0.29) is 16.1 Å². The number of aromatic nitrogens is 1. The van der Waals surface area contributed by atoms with Crippen LogP contribution in [0, 0.1) is 13.8 Å². The summed E-state index contributed by atoms with van der Waals surface area (Å²) in [6, 6.07) is 5.29. The van der Waals surface area contributed by atoms with Crippen molar-refractivity contribution in [1.29, 1.82) is 0 Å². The second-order valence-electron chi connectivity index (χ2n) is 6.20. The van der Waals surface area contributed by atoms with E-state index in [1.807, 2.05) is 6.07 Å². The molecule has 0 aliphatic heterocycles. The Hall–Kier alpha value is -1.53. The minimum atomic E-state index is -3.79. The summed E-state index contributed by atoms with van der Waals surface area (Å²) in [5.41, 5.74) is 1.60. The predicted molar refractivity (Wildman–Crippen MR) is 86.9 cm³/mol. The van der Waals surface area contributed by atoms with Gasteiger partial charge in [0.05, 0.1) is 10.7 Å². The maximum Gasteiger partial charge on any atom is 0.267 e. The number of hydrogen-bond donors (Lipinski definition) is 1. The molecule has 0 amide bonds. The van der Waals surface area contributed by atoms with Crippen LogP contribution in [0.4, 0.5) is 5.69 Å². The summed E-state index contributed by atoms with van der Waals surface area (Å²) in [7, 11) is -3.79. The number of halogens is 1. The average molecular weight is 343 g/mol. The third-order valence-corrected chi connectivity index (χ3v) is 5.24. The maximum atomic E-state index is 12.5. The Morgan fingerprint density at radius 3 is 2.32 bits per heavy atom. The van der Waals surface area contributed by atoms with Crippen LogP contribution in [0.3, 0.4) is 0 Å². The first-order chi connectivity index (χ1) is 10.0. The highest BCUT2D eigenvalue weighted by atomic mass is 35.5. The third-order valence-electron chi connectivity index (χ3n) is 3.32. The van der Waals surface area contributed by atoms with E-state index in [2.05, 4.69) is 30.6 Å². The molecule has 1 aromatic carbocycles. The molecule has 0 aliphatic rings. The number of aryl methyl sites for hydroxylation is 2. The van der Waals surface area contributed by atoms with Gasteiger partial charge in [0, 0.05) is 0 Å². The van der Waals surface area contributed by atoms with Crippen LogP contribution < -0.4 is 4.72 Å². The van der Waals surface area contributed by atoms with Crippen LogP contribution in [0.25, 0.3) is 0 Å². The van der Waals surface area contributed by atoms with E-state index in [0.29, 0.717) is 16.4 Å². The molecule has 0 spiro atoms. The van der Waals surface area contributed by atoms with Crippen molar-refractivity contribution >= 4 is 27.3 Å². The lowest BCUT2D eigenvalue weighted by atomic mass is 9.87. The summed E-state index contributed by atoms with van der Waals surface area (Å²) in [6.45, 7) is 9.32. The van der Waals surface area contributed by atoms with Crippen LogP contribution in [0.2, 0.25) is 5.02 Å². The SMILES string of the molecule is Cc1noc(C)c1S(=O)(=O)Nc1ccc(C(C)(C)C)cc1Cl. The Kier molecular flexibility index (Phi) is 4.28. The molecule has 0 aliphatic carbocycles. The molecule has 0 saturated carbocycles. The molecule has 0 radical (unpaired) electrons. The van der Waals surface area contributed by atoms with Gasteiger partial charge in [-0.25, -0.2) is 8.42 Å². The zero-order valence-electron chi connectivity index (χ0n) is 13.2. The van der Waals surface area contributed by atoms with Crippen LogP contribution >= 0.6 is 11.6 Å². The molecule has 22 heavy (non-hydrogen) atoms. The fraction of sp³-hybridized carbons (Fsp3) is 0.400. The van der Waals surface area contributed by atoms with E-state index < -0.39 is 10.0 Å². The minimum absolute atomic E-state index is 0.0449. The van der Waals surface area contributed by atoms with E-state index >= 15 is 0 Å². The van der Waals surface area contributed by atoms with Crippen molar-refractivity contribution in [3.8, 4) is 0 Å². The molecular formula is C15H19ClN2O3S. The smallest absolute Gasteiger partial charge is 0.267 e. The first-order valence-electron chi connectivity index (χ1n) is 6.78. The van der Waals surface area contributed by atoms with Gasteiger partial charge in [0.1, 0.15) is 5.69 Å². The summed E-state index contributed by atoms with van der Waals surface area (Å²) >= 11 is 6.22. The van der Waals surface area contributed by atoms with Gasteiger partial charge in [0.25, 0.3) is 10.0 Å². The zero-order valence-corrected chi connectivity index (χ0v) is 14.8. The normalized spacial score (nSPS) is 12.5. The number of nitrogens with zero attached hydrogens (tertiary/aromatic N) is 1. The summed E-state index contributed by atoms with van der Waals surface area (Å²) in [5, 5.41) is 4.02. The Labute approximate surface area is 135 Å². The van der Waals surface area contributed by atoms with Gasteiger partial charge in [0.15, 0.2) is 10.7 Å². The van der Waals surface area contributed by atoms with Gasteiger partial charge in [-0.2, -0.15) is 0 Å². The lowest BCUT2D eigenvalue weighted by Gasteiger charge is -2.20. The number of anilines is 1. The minimum Gasteiger partial charge on any atom is -0.360 e. The van der Waals surface area contributed by atoms with Gasteiger partial charge >= 0.3 is 0 Å². The summed E-state index contributed by atoms with van der Waals surface area (Å²) in [5.74, 6) is 0.243. The van der Waals surface area contributed by atoms with Crippen molar-refractivity contribution < 1.29 is 12.9 Å². The largest absolute Gasteiger partial charge is 0.360 e. The highest BCUT2D eigenvalue weighted by Gasteiger charge is 2.25. The van der Waals surface area contributed by atoms with Crippen molar-refractivity contribution in [1.82, 2.24) is 5.16 Å². The fourth-order valence-electron chi connectivity index (χ4n) is 2.12. The fourth-order valence-corrected chi connectivity index (χ4v) is 3.81. The Morgan fingerprint density at radius 1 is 1.23 bits per heavy atom. The highest BCUT2D eigenvalue weighted by molar-refractivity contribution is 7.92. The second kappa shape index (κ2) is 5.59. The quantitative estimate of drug-likeness (QED) is 0.913. The van der Waals surface area contributed by atoms with Crippen molar-refractivity contribution in [2.45, 2.75) is 44.9 Å². The van der Waals surface area contributed by atoms with E-state index in [9.17, 15) is 8.42 Å². The first-order valence-corrected chi connectivity index (χ1v) is 8.64. The summed E-state index contributed by atoms with van der Waals surface area (Å²) < 4.78 is 32.3. The van der Waals surface area contributed by atoms with Gasteiger partial charge in [-0.05, 0) is 37.0 Å². The van der Waals surface area contributed by atoms with Gasteiger partial charge in [-0.3, -0.25) is 4.72 Å². The van der Waals surface area contributed by atoms with Crippen molar-refractivity contribution in [3.05, 3.63) is 40.2 Å². The van der Waals surface area contributed by atoms with Crippen LogP contribution in [0.15, 0.2) is 27.6 Å². The molecule has 1 aromatic heterocycles. The highest BCUT2D eigenvalue weighted by Crippen LogP contribution is 2.31. The van der Waals surface area contributed by atoms with Gasteiger partial charge in [0.2, 0.25) is 0 Å². The summed E-state index contributed by atoms with van der Waals surface area (Å²) in [6.07, 6.45) is 0. The molecule has 2 rings (SSSR count). The number of sulfonamides is 1.